The van der Waals surface area contributed by atoms with Gasteiger partial charge in [-0.3, -0.25) is 4.90 Å². The molecule has 1 aromatic rings. The molecular weight excluding hydrogens is 218 g/mol. The summed E-state index contributed by atoms with van der Waals surface area (Å²) in [5.74, 6) is 1.54. The van der Waals surface area contributed by atoms with Crippen molar-refractivity contribution in [1.82, 2.24) is 15.0 Å². The number of nitrogens with zero attached hydrogens (tertiary/aromatic N) is 3. The van der Waals surface area contributed by atoms with E-state index in [0.29, 0.717) is 0 Å². The third kappa shape index (κ3) is 3.04. The van der Waals surface area contributed by atoms with Gasteiger partial charge in [0.25, 0.3) is 0 Å². The summed E-state index contributed by atoms with van der Waals surface area (Å²) < 4.78 is 10.9. The molecular formula is C12H21N3O2. The Balaban J connectivity index is 1.99. The Bertz CT molecular complexity index is 353. The van der Waals surface area contributed by atoms with E-state index in [1.807, 2.05) is 0 Å². The zero-order chi connectivity index (χ0) is 12.3. The smallest absolute Gasteiger partial charge is 0.243 e. The number of aryl methyl sites for hydroxylation is 1. The lowest BCUT2D eigenvalue weighted by molar-refractivity contribution is -0.0361. The molecule has 0 bridgehead atoms. The van der Waals surface area contributed by atoms with Gasteiger partial charge in [-0.1, -0.05) is 12.1 Å². The fourth-order valence-corrected chi connectivity index (χ4v) is 2.12. The molecule has 0 N–H and O–H groups in total. The minimum Gasteiger partial charge on any atom is -0.376 e. The second-order valence-corrected chi connectivity index (χ2v) is 4.65. The van der Waals surface area contributed by atoms with Gasteiger partial charge < -0.3 is 9.26 Å². The molecule has 2 heterocycles. The van der Waals surface area contributed by atoms with Crippen LogP contribution < -0.4 is 0 Å². The predicted octanol–water partition coefficient (Wildman–Crippen LogP) is 1.80. The summed E-state index contributed by atoms with van der Waals surface area (Å²) >= 11 is 0. The molecule has 1 saturated heterocycles. The Morgan fingerprint density at radius 3 is 3.06 bits per heavy atom. The van der Waals surface area contributed by atoms with E-state index >= 15 is 0 Å². The number of rotatable bonds is 4. The zero-order valence-electron chi connectivity index (χ0n) is 10.8. The van der Waals surface area contributed by atoms with Crippen molar-refractivity contribution in [2.24, 2.45) is 0 Å². The fraction of sp³-hybridized carbons (Fsp3) is 0.833. The summed E-state index contributed by atoms with van der Waals surface area (Å²) in [5.41, 5.74) is 0. The predicted molar refractivity (Wildman–Crippen MR) is 63.7 cm³/mol. The van der Waals surface area contributed by atoms with Crippen LogP contribution in [0, 0.1) is 0 Å². The lowest BCUT2D eigenvalue weighted by atomic mass is 10.2. The summed E-state index contributed by atoms with van der Waals surface area (Å²) in [6, 6.07) is 0.180. The van der Waals surface area contributed by atoms with E-state index in [2.05, 4.69) is 35.8 Å². The molecule has 0 amide bonds. The van der Waals surface area contributed by atoms with Crippen LogP contribution in [0.4, 0.5) is 0 Å². The van der Waals surface area contributed by atoms with E-state index in [1.165, 1.54) is 0 Å². The molecule has 0 aliphatic carbocycles. The van der Waals surface area contributed by atoms with Crippen molar-refractivity contribution in [2.75, 3.05) is 19.7 Å². The van der Waals surface area contributed by atoms with Crippen molar-refractivity contribution in [3.05, 3.63) is 11.7 Å². The van der Waals surface area contributed by atoms with Gasteiger partial charge in [-0.2, -0.15) is 4.98 Å². The van der Waals surface area contributed by atoms with Crippen molar-refractivity contribution in [3.63, 3.8) is 0 Å². The van der Waals surface area contributed by atoms with Crippen molar-refractivity contribution >= 4 is 0 Å². The average molecular weight is 239 g/mol. The van der Waals surface area contributed by atoms with E-state index < -0.39 is 0 Å². The Kier molecular flexibility index (Phi) is 4.12. The molecule has 0 radical (unpaired) electrons. The number of ether oxygens (including phenoxy) is 1. The number of aromatic nitrogens is 2. The van der Waals surface area contributed by atoms with Crippen LogP contribution in [0.15, 0.2) is 4.52 Å². The molecule has 0 saturated carbocycles. The molecule has 0 unspecified atom stereocenters. The normalized spacial score (nSPS) is 23.8. The average Bonchev–Trinajstić information content (AvgIpc) is 2.77. The van der Waals surface area contributed by atoms with E-state index in [-0.39, 0.29) is 12.1 Å². The third-order valence-electron chi connectivity index (χ3n) is 3.14. The van der Waals surface area contributed by atoms with Crippen LogP contribution >= 0.6 is 0 Å². The highest BCUT2D eigenvalue weighted by Crippen LogP contribution is 2.21. The topological polar surface area (TPSA) is 51.4 Å². The van der Waals surface area contributed by atoms with E-state index in [1.54, 1.807) is 0 Å². The summed E-state index contributed by atoms with van der Waals surface area (Å²) in [5, 5.41) is 4.00. The molecule has 0 aromatic carbocycles. The van der Waals surface area contributed by atoms with Gasteiger partial charge in [0.05, 0.1) is 18.8 Å². The highest BCUT2D eigenvalue weighted by atomic mass is 16.5. The lowest BCUT2D eigenvalue weighted by Gasteiger charge is -2.33. The van der Waals surface area contributed by atoms with Gasteiger partial charge in [0.1, 0.15) is 0 Å². The van der Waals surface area contributed by atoms with Gasteiger partial charge in [0.2, 0.25) is 5.89 Å². The molecule has 1 aliphatic heterocycles. The first-order valence-electron chi connectivity index (χ1n) is 6.38. The number of morpholine rings is 1. The highest BCUT2D eigenvalue weighted by Gasteiger charge is 2.25. The molecule has 1 aliphatic rings. The molecule has 96 valence electrons. The Hall–Kier alpha value is -0.940. The Morgan fingerprint density at radius 1 is 1.53 bits per heavy atom. The van der Waals surface area contributed by atoms with Gasteiger partial charge in [0.15, 0.2) is 5.82 Å². The monoisotopic (exact) mass is 239 g/mol. The molecule has 5 nitrogen and oxygen atoms in total. The van der Waals surface area contributed by atoms with Gasteiger partial charge in [-0.05, 0) is 20.3 Å². The maximum absolute atomic E-state index is 5.53. The summed E-state index contributed by atoms with van der Waals surface area (Å²) in [7, 11) is 0. The van der Waals surface area contributed by atoms with Crippen LogP contribution in [-0.4, -0.2) is 40.8 Å². The quantitative estimate of drug-likeness (QED) is 0.802. The third-order valence-corrected chi connectivity index (χ3v) is 3.14. The standard InChI is InChI=1S/C12H21N3O2/c1-4-5-11-13-12(17-14-11)10(3)15-6-7-16-9(2)8-15/h9-10H,4-8H2,1-3H3/t9-,10+/m0/s1. The molecule has 0 spiro atoms. The van der Waals surface area contributed by atoms with Crippen LogP contribution in [0.2, 0.25) is 0 Å². The van der Waals surface area contributed by atoms with Crippen molar-refractivity contribution in [1.29, 1.82) is 0 Å². The zero-order valence-corrected chi connectivity index (χ0v) is 10.8. The summed E-state index contributed by atoms with van der Waals surface area (Å²) in [6.45, 7) is 8.95. The van der Waals surface area contributed by atoms with Crippen LogP contribution in [-0.2, 0) is 11.2 Å². The van der Waals surface area contributed by atoms with E-state index in [4.69, 9.17) is 9.26 Å². The van der Waals surface area contributed by atoms with Crippen molar-refractivity contribution in [3.8, 4) is 0 Å². The van der Waals surface area contributed by atoms with Crippen LogP contribution in [0.3, 0.4) is 0 Å². The second kappa shape index (κ2) is 5.60. The number of hydrogen-bond acceptors (Lipinski definition) is 5. The van der Waals surface area contributed by atoms with Crippen molar-refractivity contribution in [2.45, 2.75) is 45.8 Å². The maximum atomic E-state index is 5.53. The second-order valence-electron chi connectivity index (χ2n) is 4.65. The summed E-state index contributed by atoms with van der Waals surface area (Å²) in [6.07, 6.45) is 2.21. The first-order chi connectivity index (χ1) is 8.20. The van der Waals surface area contributed by atoms with E-state index in [9.17, 15) is 0 Å². The number of hydrogen-bond donors (Lipinski definition) is 0. The SMILES string of the molecule is CCCc1noc([C@@H](C)N2CCO[C@@H](C)C2)n1. The van der Waals surface area contributed by atoms with Crippen LogP contribution in [0.5, 0.6) is 0 Å². The molecule has 5 heteroatoms. The summed E-state index contributed by atoms with van der Waals surface area (Å²) in [4.78, 5) is 6.77. The largest absolute Gasteiger partial charge is 0.376 e. The minimum atomic E-state index is 0.180. The first kappa shape index (κ1) is 12.5. The van der Waals surface area contributed by atoms with Gasteiger partial charge in [0, 0.05) is 19.5 Å². The lowest BCUT2D eigenvalue weighted by Crippen LogP contribution is -2.42. The van der Waals surface area contributed by atoms with E-state index in [0.717, 1.165) is 44.3 Å². The highest BCUT2D eigenvalue weighted by molar-refractivity contribution is 4.93. The molecule has 1 aromatic heterocycles. The minimum absolute atomic E-state index is 0.180. The van der Waals surface area contributed by atoms with Crippen LogP contribution in [0.1, 0.15) is 44.9 Å². The van der Waals surface area contributed by atoms with Crippen molar-refractivity contribution < 1.29 is 9.26 Å². The molecule has 2 atom stereocenters. The maximum Gasteiger partial charge on any atom is 0.243 e. The fourth-order valence-electron chi connectivity index (χ4n) is 2.12. The Labute approximate surface area is 102 Å². The van der Waals surface area contributed by atoms with Gasteiger partial charge in [-0.15, -0.1) is 0 Å². The van der Waals surface area contributed by atoms with Gasteiger partial charge >= 0.3 is 0 Å². The molecule has 1 fully saturated rings. The first-order valence-corrected chi connectivity index (χ1v) is 6.38. The Morgan fingerprint density at radius 2 is 2.35 bits per heavy atom. The molecule has 2 rings (SSSR count). The van der Waals surface area contributed by atoms with Crippen LogP contribution in [0.25, 0.3) is 0 Å². The van der Waals surface area contributed by atoms with Gasteiger partial charge in [-0.25, -0.2) is 0 Å². The molecule has 17 heavy (non-hydrogen) atoms.